The predicted octanol–water partition coefficient (Wildman–Crippen LogP) is 7.12. The van der Waals surface area contributed by atoms with Gasteiger partial charge >= 0.3 is 6.09 Å². The standard InChI is InChI=1S/C39H43IN6O7S2/c1-39(2,3)53-38(47)44-24-32(25-44)54-34-20-19-33(40)35(37-41-43-46(42-37)23-28-11-17-31(52-6)18-12-28)36(34)55(48,49)45(21-26-7-13-29(50-4)14-8-26)22-27-9-15-30(51-5)16-10-27/h7-20,32H,21-25H2,1-6H3. The Morgan fingerprint density at radius 3 is 1.82 bits per heavy atom. The summed E-state index contributed by atoms with van der Waals surface area (Å²) in [4.78, 5) is 16.4. The molecule has 2 heterocycles. The lowest BCUT2D eigenvalue weighted by Crippen LogP contribution is -2.53. The van der Waals surface area contributed by atoms with E-state index in [9.17, 15) is 4.79 Å². The van der Waals surface area contributed by atoms with Crippen molar-refractivity contribution in [3.8, 4) is 28.6 Å². The summed E-state index contributed by atoms with van der Waals surface area (Å²) in [6, 6.07) is 25.9. The minimum atomic E-state index is -4.29. The Hall–Kier alpha value is -4.39. The molecule has 6 rings (SSSR count). The topological polar surface area (TPSA) is 138 Å². The van der Waals surface area contributed by atoms with Crippen LogP contribution in [-0.4, -0.2) is 89.2 Å². The van der Waals surface area contributed by atoms with Gasteiger partial charge in [-0.1, -0.05) is 36.4 Å². The molecule has 290 valence electrons. The van der Waals surface area contributed by atoms with E-state index in [4.69, 9.17) is 24.0 Å². The Balaban J connectivity index is 1.41. The van der Waals surface area contributed by atoms with E-state index in [0.29, 0.717) is 45.2 Å². The summed E-state index contributed by atoms with van der Waals surface area (Å²) in [6.45, 7) is 6.73. The molecule has 13 nitrogen and oxygen atoms in total. The van der Waals surface area contributed by atoms with Crippen molar-refractivity contribution >= 4 is 50.5 Å². The molecule has 1 amide bonds. The molecule has 5 aromatic rings. The number of ether oxygens (including phenoxy) is 4. The Morgan fingerprint density at radius 1 is 0.818 bits per heavy atom. The highest BCUT2D eigenvalue weighted by Gasteiger charge is 2.38. The van der Waals surface area contributed by atoms with Crippen LogP contribution in [0.2, 0.25) is 0 Å². The van der Waals surface area contributed by atoms with E-state index >= 15 is 8.42 Å². The average Bonchev–Trinajstić information content (AvgIpc) is 3.60. The second-order valence-corrected chi connectivity index (χ2v) is 18.2. The van der Waals surface area contributed by atoms with Gasteiger partial charge in [-0.3, -0.25) is 0 Å². The lowest BCUT2D eigenvalue weighted by Gasteiger charge is -2.39. The lowest BCUT2D eigenvalue weighted by molar-refractivity contribution is 0.0143. The van der Waals surface area contributed by atoms with Crippen molar-refractivity contribution in [1.82, 2.24) is 29.4 Å². The van der Waals surface area contributed by atoms with Crippen molar-refractivity contribution in [3.63, 3.8) is 0 Å². The van der Waals surface area contributed by atoms with E-state index in [0.717, 1.165) is 22.4 Å². The Morgan fingerprint density at radius 2 is 1.33 bits per heavy atom. The second-order valence-electron chi connectivity index (χ2n) is 13.8. The number of amides is 1. The number of thioether (sulfide) groups is 1. The maximum absolute atomic E-state index is 15.4. The number of carbonyl (C=O) groups is 1. The number of benzene rings is 4. The number of sulfonamides is 1. The number of aromatic nitrogens is 4. The molecule has 0 aliphatic carbocycles. The van der Waals surface area contributed by atoms with E-state index in [1.54, 1.807) is 26.2 Å². The van der Waals surface area contributed by atoms with Crippen molar-refractivity contribution in [2.45, 2.75) is 61.0 Å². The third kappa shape index (κ3) is 9.89. The quantitative estimate of drug-likeness (QED) is 0.105. The largest absolute Gasteiger partial charge is 0.497 e. The first-order chi connectivity index (χ1) is 26.3. The number of tetrazole rings is 1. The average molecular weight is 899 g/mol. The molecular weight excluding hydrogens is 856 g/mol. The van der Waals surface area contributed by atoms with E-state index in [1.165, 1.54) is 20.9 Å². The molecule has 1 aliphatic rings. The summed E-state index contributed by atoms with van der Waals surface area (Å²) < 4.78 is 54.5. The molecule has 0 N–H and O–H groups in total. The zero-order chi connectivity index (χ0) is 39.3. The molecule has 4 aromatic carbocycles. The number of rotatable bonds is 14. The van der Waals surface area contributed by atoms with E-state index in [2.05, 4.69) is 32.9 Å². The van der Waals surface area contributed by atoms with Gasteiger partial charge in [0.25, 0.3) is 0 Å². The molecule has 1 aliphatic heterocycles. The normalized spacial score (nSPS) is 13.4. The van der Waals surface area contributed by atoms with Crippen LogP contribution >= 0.6 is 34.4 Å². The van der Waals surface area contributed by atoms with Gasteiger partial charge < -0.3 is 23.8 Å². The summed E-state index contributed by atoms with van der Waals surface area (Å²) in [5.74, 6) is 2.23. The van der Waals surface area contributed by atoms with Gasteiger partial charge in [0.05, 0.1) is 33.4 Å². The van der Waals surface area contributed by atoms with Gasteiger partial charge in [-0.05, 0) is 114 Å². The van der Waals surface area contributed by atoms with Gasteiger partial charge in [0, 0.05) is 39.9 Å². The first-order valence-corrected chi connectivity index (χ1v) is 20.8. The summed E-state index contributed by atoms with van der Waals surface area (Å²) in [6.07, 6.45) is -0.400. The molecule has 0 saturated carbocycles. The third-order valence-corrected chi connectivity index (χ3v) is 12.8. The molecule has 1 saturated heterocycles. The molecule has 0 radical (unpaired) electrons. The lowest BCUT2D eigenvalue weighted by atomic mass is 10.2. The van der Waals surface area contributed by atoms with Crippen molar-refractivity contribution in [1.29, 1.82) is 0 Å². The minimum absolute atomic E-state index is 0.0703. The van der Waals surface area contributed by atoms with E-state index in [1.807, 2.05) is 106 Å². The number of hydrogen-bond donors (Lipinski definition) is 0. The van der Waals surface area contributed by atoms with Gasteiger partial charge in [-0.25, -0.2) is 13.2 Å². The maximum atomic E-state index is 15.4. The summed E-state index contributed by atoms with van der Waals surface area (Å²) in [5.41, 5.74) is 2.19. The van der Waals surface area contributed by atoms with Crippen molar-refractivity contribution in [2.75, 3.05) is 34.4 Å². The molecular formula is C39H43IN6O7S2. The number of hydrogen-bond acceptors (Lipinski definition) is 11. The summed E-state index contributed by atoms with van der Waals surface area (Å²) in [7, 11) is 0.489. The molecule has 0 bridgehead atoms. The number of carbonyl (C=O) groups excluding carboxylic acids is 1. The highest BCUT2D eigenvalue weighted by molar-refractivity contribution is 14.1. The fourth-order valence-corrected chi connectivity index (χ4v) is 10.0. The van der Waals surface area contributed by atoms with E-state index in [-0.39, 0.29) is 29.1 Å². The highest BCUT2D eigenvalue weighted by Crippen LogP contribution is 2.42. The smallest absolute Gasteiger partial charge is 0.410 e. The Bertz CT molecular complexity index is 2160. The monoisotopic (exact) mass is 898 g/mol. The van der Waals surface area contributed by atoms with Gasteiger partial charge in [-0.2, -0.15) is 9.10 Å². The molecule has 0 spiro atoms. The van der Waals surface area contributed by atoms with Crippen LogP contribution in [0.4, 0.5) is 4.79 Å². The Labute approximate surface area is 339 Å². The zero-order valence-electron chi connectivity index (χ0n) is 31.4. The number of halogens is 1. The molecule has 0 atom stereocenters. The number of nitrogens with zero attached hydrogens (tertiary/aromatic N) is 6. The van der Waals surface area contributed by atoms with Crippen LogP contribution in [0.5, 0.6) is 17.2 Å². The molecule has 1 aromatic heterocycles. The molecule has 55 heavy (non-hydrogen) atoms. The number of likely N-dealkylation sites (tertiary alicyclic amines) is 1. The van der Waals surface area contributed by atoms with Crippen molar-refractivity contribution in [3.05, 3.63) is 105 Å². The van der Waals surface area contributed by atoms with Crippen LogP contribution < -0.4 is 14.2 Å². The minimum Gasteiger partial charge on any atom is -0.497 e. The van der Waals surface area contributed by atoms with Crippen LogP contribution in [0, 0.1) is 3.57 Å². The van der Waals surface area contributed by atoms with Crippen molar-refractivity contribution in [2.24, 2.45) is 0 Å². The van der Waals surface area contributed by atoms with Gasteiger partial charge in [-0.15, -0.1) is 22.0 Å². The van der Waals surface area contributed by atoms with Gasteiger partial charge in [0.15, 0.2) is 0 Å². The van der Waals surface area contributed by atoms with Gasteiger partial charge in [0.1, 0.15) is 27.7 Å². The number of methoxy groups -OCH3 is 3. The van der Waals surface area contributed by atoms with Crippen LogP contribution in [0.3, 0.4) is 0 Å². The fraction of sp³-hybridized carbons (Fsp3) is 0.333. The van der Waals surface area contributed by atoms with Gasteiger partial charge in [0.2, 0.25) is 15.8 Å². The Kier molecular flexibility index (Phi) is 12.6. The highest BCUT2D eigenvalue weighted by atomic mass is 127. The summed E-state index contributed by atoms with van der Waals surface area (Å²) >= 11 is 3.54. The fourth-order valence-electron chi connectivity index (χ4n) is 5.79. The van der Waals surface area contributed by atoms with Crippen LogP contribution in [0.1, 0.15) is 37.5 Å². The van der Waals surface area contributed by atoms with Crippen LogP contribution in [0.25, 0.3) is 11.4 Å². The predicted molar refractivity (Wildman–Crippen MR) is 218 cm³/mol. The van der Waals surface area contributed by atoms with Crippen molar-refractivity contribution < 1.29 is 32.2 Å². The van der Waals surface area contributed by atoms with E-state index < -0.39 is 21.7 Å². The van der Waals surface area contributed by atoms with Crippen LogP contribution in [-0.2, 0) is 34.4 Å². The maximum Gasteiger partial charge on any atom is 0.410 e. The van der Waals surface area contributed by atoms with Crippen LogP contribution in [0.15, 0.2) is 94.7 Å². The first-order valence-electron chi connectivity index (χ1n) is 17.4. The third-order valence-electron chi connectivity index (χ3n) is 8.66. The first kappa shape index (κ1) is 40.3. The molecule has 0 unspecified atom stereocenters. The molecule has 1 fully saturated rings. The molecule has 16 heteroatoms. The SMILES string of the molecule is COc1ccc(CN(Cc2ccc(OC)cc2)S(=O)(=O)c2c(SC3CN(C(=O)OC(C)(C)C)C3)ccc(I)c2-c2nnn(Cc3ccc(OC)cc3)n2)cc1. The second kappa shape index (κ2) is 17.2. The zero-order valence-corrected chi connectivity index (χ0v) is 35.2. The summed E-state index contributed by atoms with van der Waals surface area (Å²) in [5, 5.41) is 13.4.